The number of oxime groups is 1. The molecule has 4 aromatic rings. The van der Waals surface area contributed by atoms with Crippen LogP contribution in [0.2, 0.25) is 0 Å². The molecular weight excluding hydrogens is 518 g/mol. The van der Waals surface area contributed by atoms with Crippen LogP contribution in [-0.2, 0) is 17.9 Å². The molecule has 3 aromatic carbocycles. The summed E-state index contributed by atoms with van der Waals surface area (Å²) in [6.45, 7) is 4.29. The molecule has 9 heteroatoms. The number of fused-ring (bicyclic) bond motifs is 1. The van der Waals surface area contributed by atoms with Crippen molar-refractivity contribution in [2.75, 3.05) is 14.2 Å². The molecule has 0 saturated heterocycles. The van der Waals surface area contributed by atoms with Gasteiger partial charge < -0.3 is 19.0 Å². The molecule has 41 heavy (non-hydrogen) atoms. The zero-order valence-corrected chi connectivity index (χ0v) is 23.5. The van der Waals surface area contributed by atoms with E-state index in [2.05, 4.69) is 47.5 Å². The highest BCUT2D eigenvalue weighted by Gasteiger charge is 2.28. The van der Waals surface area contributed by atoms with Crippen molar-refractivity contribution in [3.05, 3.63) is 106 Å². The SMILES string of the molecule is COc1ccc([C@@H]2C/C(=N/OCc3cn(-c4ccc(C#N)cc4)nn3)c3cc(CC=C(C)C)c(OC)cc3O2)cc1. The van der Waals surface area contributed by atoms with E-state index in [-0.39, 0.29) is 12.7 Å². The summed E-state index contributed by atoms with van der Waals surface area (Å²) in [5, 5.41) is 22.0. The smallest absolute Gasteiger partial charge is 0.162 e. The number of benzene rings is 3. The molecule has 1 aliphatic heterocycles. The monoisotopic (exact) mass is 549 g/mol. The Morgan fingerprint density at radius 2 is 1.88 bits per heavy atom. The van der Waals surface area contributed by atoms with Crippen LogP contribution in [0.5, 0.6) is 17.2 Å². The number of nitriles is 1. The zero-order valence-electron chi connectivity index (χ0n) is 23.5. The van der Waals surface area contributed by atoms with Crippen molar-refractivity contribution in [1.29, 1.82) is 5.26 Å². The van der Waals surface area contributed by atoms with E-state index in [0.717, 1.165) is 46.0 Å². The standard InChI is InChI=1S/C32H31N5O4/c1-21(2)5-8-24-15-28-29(35-40-20-25-19-37(36-34-25)26-11-6-22(18-33)7-12-26)16-31(41-32(28)17-30(24)39-4)23-9-13-27(38-3)14-10-23/h5-7,9-15,17,19,31H,8,16,20H2,1-4H3/b35-29-/t31-/m0/s1. The van der Waals surface area contributed by atoms with Crippen LogP contribution >= 0.6 is 0 Å². The van der Waals surface area contributed by atoms with E-state index in [0.29, 0.717) is 23.4 Å². The van der Waals surface area contributed by atoms with Crippen LogP contribution in [0.15, 0.2) is 83.7 Å². The lowest BCUT2D eigenvalue weighted by molar-refractivity contribution is 0.124. The zero-order chi connectivity index (χ0) is 28.8. The second-order valence-corrected chi connectivity index (χ2v) is 9.85. The van der Waals surface area contributed by atoms with Gasteiger partial charge in [-0.25, -0.2) is 4.68 Å². The Balaban J connectivity index is 1.41. The molecule has 5 rings (SSSR count). The minimum Gasteiger partial charge on any atom is -0.497 e. The van der Waals surface area contributed by atoms with E-state index in [1.54, 1.807) is 37.2 Å². The van der Waals surface area contributed by atoms with Crippen molar-refractivity contribution >= 4 is 5.71 Å². The molecule has 1 atom stereocenters. The van der Waals surface area contributed by atoms with E-state index in [1.807, 2.05) is 42.5 Å². The Bertz CT molecular complexity index is 1610. The molecule has 0 bridgehead atoms. The lowest BCUT2D eigenvalue weighted by atomic mass is 9.93. The number of methoxy groups -OCH3 is 2. The number of hydrogen-bond donors (Lipinski definition) is 0. The van der Waals surface area contributed by atoms with Gasteiger partial charge in [0.05, 0.1) is 43.4 Å². The third kappa shape index (κ3) is 6.39. The van der Waals surface area contributed by atoms with Gasteiger partial charge >= 0.3 is 0 Å². The van der Waals surface area contributed by atoms with Crippen LogP contribution < -0.4 is 14.2 Å². The molecule has 0 unspecified atom stereocenters. The van der Waals surface area contributed by atoms with Gasteiger partial charge in [-0.05, 0) is 73.9 Å². The van der Waals surface area contributed by atoms with Gasteiger partial charge in [0.2, 0.25) is 0 Å². The first-order valence-corrected chi connectivity index (χ1v) is 13.2. The molecule has 0 spiro atoms. The van der Waals surface area contributed by atoms with Crippen LogP contribution in [0, 0.1) is 11.3 Å². The van der Waals surface area contributed by atoms with Crippen LogP contribution in [0.25, 0.3) is 5.69 Å². The van der Waals surface area contributed by atoms with Gasteiger partial charge in [0.15, 0.2) is 6.61 Å². The molecule has 1 aromatic heterocycles. The molecule has 2 heterocycles. The normalized spacial score (nSPS) is 14.9. The van der Waals surface area contributed by atoms with Crippen LogP contribution in [0.3, 0.4) is 0 Å². The quantitative estimate of drug-likeness (QED) is 0.183. The fourth-order valence-electron chi connectivity index (χ4n) is 4.52. The van der Waals surface area contributed by atoms with Crippen LogP contribution in [-0.4, -0.2) is 34.9 Å². The molecule has 0 radical (unpaired) electrons. The Labute approximate surface area is 239 Å². The number of nitrogens with zero attached hydrogens (tertiary/aromatic N) is 5. The lowest BCUT2D eigenvalue weighted by Crippen LogP contribution is -2.22. The average Bonchev–Trinajstić information content (AvgIpc) is 3.48. The highest BCUT2D eigenvalue weighted by molar-refractivity contribution is 6.04. The molecule has 0 saturated carbocycles. The largest absolute Gasteiger partial charge is 0.497 e. The summed E-state index contributed by atoms with van der Waals surface area (Å²) in [6, 6.07) is 21.0. The fourth-order valence-corrected chi connectivity index (χ4v) is 4.52. The summed E-state index contributed by atoms with van der Waals surface area (Å²) >= 11 is 0. The highest BCUT2D eigenvalue weighted by atomic mass is 16.6. The second-order valence-electron chi connectivity index (χ2n) is 9.85. The molecule has 0 aliphatic carbocycles. The molecule has 0 N–H and O–H groups in total. The van der Waals surface area contributed by atoms with Gasteiger partial charge in [0, 0.05) is 18.1 Å². The molecule has 208 valence electrons. The number of ether oxygens (including phenoxy) is 3. The predicted molar refractivity (Wildman–Crippen MR) is 155 cm³/mol. The van der Waals surface area contributed by atoms with E-state index >= 15 is 0 Å². The van der Waals surface area contributed by atoms with Gasteiger partial charge in [-0.1, -0.05) is 34.2 Å². The summed E-state index contributed by atoms with van der Waals surface area (Å²) in [6.07, 6.45) is 4.93. The summed E-state index contributed by atoms with van der Waals surface area (Å²) in [7, 11) is 3.31. The van der Waals surface area contributed by atoms with E-state index < -0.39 is 0 Å². The topological polar surface area (TPSA) is 104 Å². The van der Waals surface area contributed by atoms with Crippen molar-refractivity contribution in [3.8, 4) is 29.0 Å². The lowest BCUT2D eigenvalue weighted by Gasteiger charge is -2.28. The molecule has 1 aliphatic rings. The average molecular weight is 550 g/mol. The van der Waals surface area contributed by atoms with Crippen molar-refractivity contribution in [3.63, 3.8) is 0 Å². The van der Waals surface area contributed by atoms with E-state index in [1.165, 1.54) is 5.57 Å². The maximum absolute atomic E-state index is 9.03. The third-order valence-electron chi connectivity index (χ3n) is 6.75. The number of rotatable bonds is 9. The van der Waals surface area contributed by atoms with Gasteiger partial charge in [-0.2, -0.15) is 5.26 Å². The predicted octanol–water partition coefficient (Wildman–Crippen LogP) is 6.11. The van der Waals surface area contributed by atoms with Gasteiger partial charge in [-0.15, -0.1) is 5.10 Å². The van der Waals surface area contributed by atoms with Crippen molar-refractivity contribution in [2.24, 2.45) is 5.16 Å². The van der Waals surface area contributed by atoms with Crippen molar-refractivity contribution < 1.29 is 19.0 Å². The number of aromatic nitrogens is 3. The maximum atomic E-state index is 9.03. The third-order valence-corrected chi connectivity index (χ3v) is 6.75. The Morgan fingerprint density at radius 3 is 2.56 bits per heavy atom. The fraction of sp³-hybridized carbons (Fsp3) is 0.250. The minimum atomic E-state index is -0.263. The Kier molecular flexibility index (Phi) is 8.30. The first-order chi connectivity index (χ1) is 20.0. The Morgan fingerprint density at radius 1 is 1.10 bits per heavy atom. The van der Waals surface area contributed by atoms with Gasteiger partial charge in [0.25, 0.3) is 0 Å². The Hall–Kier alpha value is -5.10. The van der Waals surface area contributed by atoms with Gasteiger partial charge in [0.1, 0.15) is 29.0 Å². The molecule has 0 amide bonds. The molecule has 0 fully saturated rings. The molecular formula is C32H31N5O4. The number of allylic oxidation sites excluding steroid dienone is 2. The van der Waals surface area contributed by atoms with Crippen molar-refractivity contribution in [1.82, 2.24) is 15.0 Å². The summed E-state index contributed by atoms with van der Waals surface area (Å²) in [4.78, 5) is 5.83. The molecule has 9 nitrogen and oxygen atoms in total. The van der Waals surface area contributed by atoms with Crippen LogP contribution in [0.4, 0.5) is 0 Å². The van der Waals surface area contributed by atoms with Crippen LogP contribution in [0.1, 0.15) is 54.3 Å². The first-order valence-electron chi connectivity index (χ1n) is 13.2. The first kappa shape index (κ1) is 27.5. The van der Waals surface area contributed by atoms with Gasteiger partial charge in [-0.3, -0.25) is 0 Å². The summed E-state index contributed by atoms with van der Waals surface area (Å²) in [5.74, 6) is 2.22. The highest BCUT2D eigenvalue weighted by Crippen LogP contribution is 2.40. The van der Waals surface area contributed by atoms with E-state index in [9.17, 15) is 0 Å². The van der Waals surface area contributed by atoms with Crippen molar-refractivity contribution in [2.45, 2.75) is 39.4 Å². The summed E-state index contributed by atoms with van der Waals surface area (Å²) < 4.78 is 19.1. The van der Waals surface area contributed by atoms with E-state index in [4.69, 9.17) is 24.3 Å². The number of hydrogen-bond acceptors (Lipinski definition) is 8. The minimum absolute atomic E-state index is 0.143. The second kappa shape index (κ2) is 12.4. The summed E-state index contributed by atoms with van der Waals surface area (Å²) in [5.41, 5.74) is 6.91. The maximum Gasteiger partial charge on any atom is 0.162 e.